The Morgan fingerprint density at radius 3 is 2.52 bits per heavy atom. The third-order valence-corrected chi connectivity index (χ3v) is 7.42. The number of hydrogen-bond acceptors (Lipinski definition) is 4. The van der Waals surface area contributed by atoms with Crippen LogP contribution in [0, 0.1) is 11.3 Å². The zero-order valence-corrected chi connectivity index (χ0v) is 18.5. The van der Waals surface area contributed by atoms with E-state index in [1.165, 1.54) is 4.31 Å². The van der Waals surface area contributed by atoms with E-state index >= 15 is 0 Å². The van der Waals surface area contributed by atoms with Crippen LogP contribution in [0.25, 0.3) is 0 Å². The number of morpholine rings is 1. The van der Waals surface area contributed by atoms with E-state index < -0.39 is 10.0 Å². The Labute approximate surface area is 174 Å². The van der Waals surface area contributed by atoms with Gasteiger partial charge in [-0.3, -0.25) is 0 Å². The van der Waals surface area contributed by atoms with E-state index in [1.54, 1.807) is 0 Å². The van der Waals surface area contributed by atoms with Gasteiger partial charge in [0, 0.05) is 32.7 Å². The number of ether oxygens (including phenoxy) is 1. The van der Waals surface area contributed by atoms with Crippen LogP contribution >= 0.6 is 0 Å². The topological polar surface area (TPSA) is 79.0 Å². The minimum Gasteiger partial charge on any atom is -0.379 e. The highest BCUT2D eigenvalue weighted by molar-refractivity contribution is 7.88. The molecule has 2 saturated heterocycles. The molecule has 0 aromatic heterocycles. The summed E-state index contributed by atoms with van der Waals surface area (Å²) in [7, 11) is -3.41. The van der Waals surface area contributed by atoms with Crippen molar-refractivity contribution >= 4 is 16.1 Å². The summed E-state index contributed by atoms with van der Waals surface area (Å²) in [5.41, 5.74) is 1.67. The summed E-state index contributed by atoms with van der Waals surface area (Å²) < 4.78 is 32.3. The summed E-state index contributed by atoms with van der Waals surface area (Å²) in [5, 5.41) is 2.99. The van der Waals surface area contributed by atoms with Crippen molar-refractivity contribution in [2.24, 2.45) is 11.3 Å². The minimum absolute atomic E-state index is 0.0627. The molecule has 0 saturated carbocycles. The monoisotopic (exact) mass is 423 g/mol. The van der Waals surface area contributed by atoms with Crippen molar-refractivity contribution in [1.82, 2.24) is 14.5 Å². The smallest absolute Gasteiger partial charge is 0.317 e. The molecule has 0 bridgehead atoms. The van der Waals surface area contributed by atoms with Gasteiger partial charge in [-0.25, -0.2) is 13.2 Å². The lowest BCUT2D eigenvalue weighted by molar-refractivity contribution is 0.0729. The number of sulfonamides is 1. The molecule has 162 valence electrons. The van der Waals surface area contributed by atoms with Crippen LogP contribution in [0.1, 0.15) is 38.3 Å². The fourth-order valence-corrected chi connectivity index (χ4v) is 6.01. The Hall–Kier alpha value is -1.64. The summed E-state index contributed by atoms with van der Waals surface area (Å²) in [6, 6.07) is 7.33. The number of piperidine rings is 1. The van der Waals surface area contributed by atoms with Gasteiger partial charge in [0.15, 0.2) is 0 Å². The first-order valence-electron chi connectivity index (χ1n) is 10.3. The first-order valence-corrected chi connectivity index (χ1v) is 11.9. The molecule has 1 atom stereocenters. The van der Waals surface area contributed by atoms with Crippen molar-refractivity contribution in [3.63, 3.8) is 0 Å². The van der Waals surface area contributed by atoms with Gasteiger partial charge in [0.05, 0.1) is 19.0 Å². The number of urea groups is 1. The minimum atomic E-state index is -3.41. The predicted molar refractivity (Wildman–Crippen MR) is 113 cm³/mol. The molecule has 2 heterocycles. The van der Waals surface area contributed by atoms with E-state index in [2.05, 4.69) is 26.1 Å². The molecular formula is C21H33N3O4S. The fraction of sp³-hybridized carbons (Fsp3) is 0.667. The number of hydrogen-bond donors (Lipinski definition) is 1. The second-order valence-corrected chi connectivity index (χ2v) is 11.0. The molecule has 2 aliphatic rings. The average Bonchev–Trinajstić information content (AvgIpc) is 2.66. The number of carbonyl (C=O) groups is 1. The molecular weight excluding hydrogens is 390 g/mol. The van der Waals surface area contributed by atoms with Crippen LogP contribution in [0.15, 0.2) is 24.3 Å². The SMILES string of the molecule is CC1CN(C(=O)NCc2ccccc2CS(=O)(=O)N2CCOCC2)CC(C)(C)C1. The van der Waals surface area contributed by atoms with E-state index in [4.69, 9.17) is 4.74 Å². The predicted octanol–water partition coefficient (Wildman–Crippen LogP) is 2.43. The third-order valence-electron chi connectivity index (χ3n) is 5.59. The van der Waals surface area contributed by atoms with Crippen LogP contribution in [0.3, 0.4) is 0 Å². The van der Waals surface area contributed by atoms with Crippen molar-refractivity contribution in [2.75, 3.05) is 39.4 Å². The Kier molecular flexibility index (Phi) is 6.86. The lowest BCUT2D eigenvalue weighted by Gasteiger charge is -2.41. The highest BCUT2D eigenvalue weighted by Gasteiger charge is 2.33. The van der Waals surface area contributed by atoms with E-state index in [1.807, 2.05) is 29.2 Å². The number of rotatable bonds is 5. The normalized spacial score (nSPS) is 23.0. The molecule has 2 aliphatic heterocycles. The molecule has 0 radical (unpaired) electrons. The maximum absolute atomic E-state index is 12.8. The molecule has 29 heavy (non-hydrogen) atoms. The summed E-state index contributed by atoms with van der Waals surface area (Å²) in [4.78, 5) is 14.6. The van der Waals surface area contributed by atoms with Crippen molar-refractivity contribution < 1.29 is 17.9 Å². The number of amides is 2. The van der Waals surface area contributed by atoms with Crippen molar-refractivity contribution in [2.45, 2.75) is 39.5 Å². The van der Waals surface area contributed by atoms with Crippen molar-refractivity contribution in [1.29, 1.82) is 0 Å². The molecule has 3 rings (SSSR count). The molecule has 2 fully saturated rings. The molecule has 0 spiro atoms. The number of nitrogens with one attached hydrogen (secondary N) is 1. The maximum Gasteiger partial charge on any atom is 0.317 e. The first-order chi connectivity index (χ1) is 13.7. The van der Waals surface area contributed by atoms with Crippen LogP contribution in [-0.4, -0.2) is 63.0 Å². The standard InChI is InChI=1S/C21H33N3O4S/c1-17-12-21(2,3)16-23(14-17)20(25)22-13-18-6-4-5-7-19(18)15-29(26,27)24-8-10-28-11-9-24/h4-7,17H,8-16H2,1-3H3,(H,22,25). The van der Waals surface area contributed by atoms with Crippen LogP contribution in [0.4, 0.5) is 4.79 Å². The number of likely N-dealkylation sites (tertiary alicyclic amines) is 1. The van der Waals surface area contributed by atoms with Gasteiger partial charge in [-0.05, 0) is 28.9 Å². The fourth-order valence-electron chi connectivity index (χ4n) is 4.45. The Balaban J connectivity index is 1.64. The second-order valence-electron chi connectivity index (χ2n) is 9.05. The molecule has 1 unspecified atom stereocenters. The van der Waals surface area contributed by atoms with Crippen LogP contribution in [-0.2, 0) is 27.1 Å². The van der Waals surface area contributed by atoms with Gasteiger partial charge in [0.1, 0.15) is 0 Å². The number of nitrogens with zero attached hydrogens (tertiary/aromatic N) is 2. The van der Waals surface area contributed by atoms with E-state index in [-0.39, 0.29) is 17.2 Å². The quantitative estimate of drug-likeness (QED) is 0.789. The Bertz CT molecular complexity index is 819. The summed E-state index contributed by atoms with van der Waals surface area (Å²) in [5.74, 6) is 0.405. The van der Waals surface area contributed by atoms with Gasteiger partial charge >= 0.3 is 6.03 Å². The molecule has 0 aliphatic carbocycles. The number of carbonyl (C=O) groups excluding carboxylic acids is 1. The highest BCUT2D eigenvalue weighted by Crippen LogP contribution is 2.31. The van der Waals surface area contributed by atoms with Crippen LogP contribution in [0.2, 0.25) is 0 Å². The van der Waals surface area contributed by atoms with E-state index in [9.17, 15) is 13.2 Å². The van der Waals surface area contributed by atoms with Gasteiger partial charge in [0.25, 0.3) is 0 Å². The molecule has 1 aromatic rings. The second kappa shape index (κ2) is 9.02. The zero-order valence-electron chi connectivity index (χ0n) is 17.7. The van der Waals surface area contributed by atoms with Crippen molar-refractivity contribution in [3.05, 3.63) is 35.4 Å². The lowest BCUT2D eigenvalue weighted by Crippen LogP contribution is -2.50. The van der Waals surface area contributed by atoms with Gasteiger partial charge in [0.2, 0.25) is 10.0 Å². The highest BCUT2D eigenvalue weighted by atomic mass is 32.2. The molecule has 8 heteroatoms. The zero-order chi connectivity index (χ0) is 21.1. The Morgan fingerprint density at radius 2 is 1.86 bits per heavy atom. The van der Waals surface area contributed by atoms with Gasteiger partial charge in [-0.1, -0.05) is 45.0 Å². The number of benzene rings is 1. The Morgan fingerprint density at radius 1 is 1.21 bits per heavy atom. The molecule has 1 N–H and O–H groups in total. The van der Waals surface area contributed by atoms with Gasteiger partial charge in [-0.2, -0.15) is 4.31 Å². The van der Waals surface area contributed by atoms with Gasteiger partial charge < -0.3 is 15.0 Å². The van der Waals surface area contributed by atoms with Gasteiger partial charge in [-0.15, -0.1) is 0 Å². The van der Waals surface area contributed by atoms with Crippen molar-refractivity contribution in [3.8, 4) is 0 Å². The average molecular weight is 424 g/mol. The molecule has 1 aromatic carbocycles. The summed E-state index contributed by atoms with van der Waals surface area (Å²) in [6.45, 7) is 10.0. The third kappa shape index (κ3) is 5.93. The maximum atomic E-state index is 12.8. The van der Waals surface area contributed by atoms with Crippen LogP contribution in [0.5, 0.6) is 0 Å². The first kappa shape index (κ1) is 22.1. The summed E-state index contributed by atoms with van der Waals surface area (Å²) >= 11 is 0. The van der Waals surface area contributed by atoms with Crippen LogP contribution < -0.4 is 5.32 Å². The van der Waals surface area contributed by atoms with E-state index in [0.717, 1.165) is 30.6 Å². The van der Waals surface area contributed by atoms with E-state index in [0.29, 0.717) is 38.8 Å². The lowest BCUT2D eigenvalue weighted by atomic mass is 9.79. The summed E-state index contributed by atoms with van der Waals surface area (Å²) in [6.07, 6.45) is 1.11. The largest absolute Gasteiger partial charge is 0.379 e. The molecule has 7 nitrogen and oxygen atoms in total. The molecule has 2 amide bonds.